The van der Waals surface area contributed by atoms with Crippen molar-refractivity contribution in [3.05, 3.63) is 57.7 Å². The van der Waals surface area contributed by atoms with E-state index in [1.165, 1.54) is 33.4 Å². The molecule has 0 unspecified atom stereocenters. The lowest BCUT2D eigenvalue weighted by atomic mass is 10.0. The van der Waals surface area contributed by atoms with E-state index in [1.54, 1.807) is 0 Å². The Labute approximate surface area is 186 Å². The molecule has 0 amide bonds. The first-order valence-corrected chi connectivity index (χ1v) is 11.5. The molecule has 0 rings (SSSR count). The summed E-state index contributed by atoms with van der Waals surface area (Å²) in [5, 5.41) is 0. The fraction of sp³-hybridized carbons (Fsp3) is 0.607. The Kier molecular flexibility index (Phi) is 15.9. The van der Waals surface area contributed by atoms with E-state index < -0.39 is 0 Å². The summed E-state index contributed by atoms with van der Waals surface area (Å²) in [6.07, 6.45) is 16.6. The lowest BCUT2D eigenvalue weighted by molar-refractivity contribution is -0.142. The van der Waals surface area contributed by atoms with Gasteiger partial charge in [-0.05, 0) is 106 Å². The minimum absolute atomic E-state index is 0.106. The Bertz CT molecular complexity index is 661. The maximum Gasteiger partial charge on any atom is 0.306 e. The molecule has 2 nitrogen and oxygen atoms in total. The molecule has 0 aliphatic rings. The smallest absolute Gasteiger partial charge is 0.306 e. The van der Waals surface area contributed by atoms with Crippen LogP contribution in [0.25, 0.3) is 0 Å². The largest absolute Gasteiger partial charge is 0.461 e. The fourth-order valence-electron chi connectivity index (χ4n) is 2.98. The van der Waals surface area contributed by atoms with Crippen molar-refractivity contribution in [2.75, 3.05) is 6.61 Å². The van der Waals surface area contributed by atoms with E-state index in [-0.39, 0.29) is 5.97 Å². The Hall–Kier alpha value is -1.83. The van der Waals surface area contributed by atoms with Crippen LogP contribution in [0.5, 0.6) is 0 Å². The molecule has 0 atom stereocenters. The van der Waals surface area contributed by atoms with Crippen molar-refractivity contribution in [2.45, 2.75) is 107 Å². The van der Waals surface area contributed by atoms with E-state index in [1.807, 2.05) is 6.08 Å². The highest BCUT2D eigenvalue weighted by Gasteiger charge is 2.05. The lowest BCUT2D eigenvalue weighted by Gasteiger charge is -2.08. The van der Waals surface area contributed by atoms with E-state index in [0.29, 0.717) is 13.0 Å². The minimum Gasteiger partial charge on any atom is -0.461 e. The molecule has 0 heterocycles. The van der Waals surface area contributed by atoms with E-state index in [4.69, 9.17) is 4.74 Å². The van der Waals surface area contributed by atoms with Crippen LogP contribution in [0.3, 0.4) is 0 Å². The SMILES string of the molecule is CC(C)=CCCC(C)=CCCC(C)=C(C)CCC(=O)OC/C=C(\C)CCC=C(C)C. The van der Waals surface area contributed by atoms with Gasteiger partial charge in [0.25, 0.3) is 0 Å². The molecule has 0 aromatic carbocycles. The molecule has 30 heavy (non-hydrogen) atoms. The number of hydrogen-bond donors (Lipinski definition) is 0. The van der Waals surface area contributed by atoms with Gasteiger partial charge in [0.1, 0.15) is 6.61 Å². The average Bonchev–Trinajstić information content (AvgIpc) is 2.65. The summed E-state index contributed by atoms with van der Waals surface area (Å²) >= 11 is 0. The van der Waals surface area contributed by atoms with Gasteiger partial charge in [0.2, 0.25) is 0 Å². The Morgan fingerprint density at radius 3 is 1.57 bits per heavy atom. The molecule has 0 saturated heterocycles. The quantitative estimate of drug-likeness (QED) is 0.210. The zero-order chi connectivity index (χ0) is 22.9. The second kappa shape index (κ2) is 16.9. The van der Waals surface area contributed by atoms with Crippen LogP contribution < -0.4 is 0 Å². The summed E-state index contributed by atoms with van der Waals surface area (Å²) in [5.74, 6) is -0.106. The molecule has 0 N–H and O–H groups in total. The van der Waals surface area contributed by atoms with Crippen molar-refractivity contribution in [1.82, 2.24) is 0 Å². The van der Waals surface area contributed by atoms with Crippen molar-refractivity contribution >= 4 is 5.97 Å². The third-order valence-corrected chi connectivity index (χ3v) is 5.30. The van der Waals surface area contributed by atoms with Gasteiger partial charge < -0.3 is 4.74 Å². The van der Waals surface area contributed by atoms with E-state index in [0.717, 1.165) is 44.9 Å². The third-order valence-electron chi connectivity index (χ3n) is 5.30. The van der Waals surface area contributed by atoms with Crippen molar-refractivity contribution in [3.63, 3.8) is 0 Å². The summed E-state index contributed by atoms with van der Waals surface area (Å²) in [7, 11) is 0. The maximum absolute atomic E-state index is 12.0. The zero-order valence-corrected chi connectivity index (χ0v) is 21.0. The van der Waals surface area contributed by atoms with Crippen molar-refractivity contribution in [1.29, 1.82) is 0 Å². The number of allylic oxidation sites excluding steroid dienone is 9. The molecular formula is C28H46O2. The first-order valence-electron chi connectivity index (χ1n) is 11.5. The first kappa shape index (κ1) is 28.2. The molecule has 0 radical (unpaired) electrons. The van der Waals surface area contributed by atoms with Gasteiger partial charge in [-0.1, -0.05) is 51.7 Å². The molecule has 0 bridgehead atoms. The Morgan fingerprint density at radius 2 is 1.03 bits per heavy atom. The highest BCUT2D eigenvalue weighted by atomic mass is 16.5. The summed E-state index contributed by atoms with van der Waals surface area (Å²) in [5.41, 5.74) is 8.18. The van der Waals surface area contributed by atoms with Crippen molar-refractivity contribution in [3.8, 4) is 0 Å². The number of ether oxygens (including phenoxy) is 1. The van der Waals surface area contributed by atoms with Gasteiger partial charge in [-0.15, -0.1) is 0 Å². The van der Waals surface area contributed by atoms with E-state index >= 15 is 0 Å². The van der Waals surface area contributed by atoms with Gasteiger partial charge in [0.15, 0.2) is 0 Å². The predicted octanol–water partition coefficient (Wildman–Crippen LogP) is 8.81. The highest BCUT2D eigenvalue weighted by molar-refractivity contribution is 5.69. The second-order valence-electron chi connectivity index (χ2n) is 9.02. The van der Waals surface area contributed by atoms with Gasteiger partial charge in [0.05, 0.1) is 0 Å². The topological polar surface area (TPSA) is 26.3 Å². The molecular weight excluding hydrogens is 368 g/mol. The van der Waals surface area contributed by atoms with Crippen LogP contribution in [0.4, 0.5) is 0 Å². The molecule has 0 aromatic heterocycles. The standard InChI is InChI=1S/C28H46O2/c1-22(2)12-9-14-24(5)16-11-17-26(7)27(8)18-19-28(29)30-21-20-25(6)15-10-13-23(3)4/h12-13,16,20H,9-11,14-15,17-19,21H2,1-8H3/b24-16?,25-20+,27-26?. The second-order valence-corrected chi connectivity index (χ2v) is 9.02. The van der Waals surface area contributed by atoms with Crippen LogP contribution >= 0.6 is 0 Å². The van der Waals surface area contributed by atoms with E-state index in [9.17, 15) is 4.79 Å². The lowest BCUT2D eigenvalue weighted by Crippen LogP contribution is -2.05. The number of carbonyl (C=O) groups excluding carboxylic acids is 1. The normalized spacial score (nSPS) is 12.9. The van der Waals surface area contributed by atoms with Crippen molar-refractivity contribution < 1.29 is 9.53 Å². The zero-order valence-electron chi connectivity index (χ0n) is 21.0. The van der Waals surface area contributed by atoms with Crippen LogP contribution in [-0.2, 0) is 9.53 Å². The first-order chi connectivity index (χ1) is 14.1. The molecule has 0 aromatic rings. The minimum atomic E-state index is -0.106. The number of rotatable bonds is 14. The van der Waals surface area contributed by atoms with Gasteiger partial charge >= 0.3 is 5.97 Å². The number of esters is 1. The van der Waals surface area contributed by atoms with Gasteiger partial charge in [-0.3, -0.25) is 4.79 Å². The highest BCUT2D eigenvalue weighted by Crippen LogP contribution is 2.17. The Balaban J connectivity index is 4.19. The Morgan fingerprint density at radius 1 is 0.567 bits per heavy atom. The van der Waals surface area contributed by atoms with Crippen LogP contribution in [0.2, 0.25) is 0 Å². The summed E-state index contributed by atoms with van der Waals surface area (Å²) in [4.78, 5) is 12.0. The van der Waals surface area contributed by atoms with Crippen LogP contribution in [0.15, 0.2) is 57.7 Å². The van der Waals surface area contributed by atoms with Crippen LogP contribution in [0.1, 0.15) is 107 Å². The maximum atomic E-state index is 12.0. The monoisotopic (exact) mass is 414 g/mol. The summed E-state index contributed by atoms with van der Waals surface area (Å²) < 4.78 is 5.37. The van der Waals surface area contributed by atoms with E-state index in [2.05, 4.69) is 73.6 Å². The van der Waals surface area contributed by atoms with Gasteiger partial charge in [0, 0.05) is 6.42 Å². The molecule has 0 spiro atoms. The molecule has 2 heteroatoms. The van der Waals surface area contributed by atoms with Crippen molar-refractivity contribution in [2.24, 2.45) is 0 Å². The molecule has 0 saturated carbocycles. The molecule has 0 aliphatic heterocycles. The molecule has 170 valence electrons. The fourth-order valence-corrected chi connectivity index (χ4v) is 2.98. The molecule has 0 fully saturated rings. The third kappa shape index (κ3) is 17.1. The van der Waals surface area contributed by atoms with Gasteiger partial charge in [-0.2, -0.15) is 0 Å². The van der Waals surface area contributed by atoms with Gasteiger partial charge in [-0.25, -0.2) is 0 Å². The molecule has 0 aliphatic carbocycles. The predicted molar refractivity (Wildman–Crippen MR) is 133 cm³/mol. The average molecular weight is 415 g/mol. The number of hydrogen-bond acceptors (Lipinski definition) is 2. The summed E-state index contributed by atoms with van der Waals surface area (Å²) in [6.45, 7) is 17.6. The van der Waals surface area contributed by atoms with Crippen LogP contribution in [0, 0.1) is 0 Å². The number of carbonyl (C=O) groups is 1. The van der Waals surface area contributed by atoms with Crippen LogP contribution in [-0.4, -0.2) is 12.6 Å². The summed E-state index contributed by atoms with van der Waals surface area (Å²) in [6, 6.07) is 0.